The Balaban J connectivity index is 2.23. The molecule has 0 aliphatic carbocycles. The van der Waals surface area contributed by atoms with Gasteiger partial charge in [-0.1, -0.05) is 11.6 Å². The second kappa shape index (κ2) is 3.49. The molecule has 0 aliphatic heterocycles. The number of imidazole rings is 1. The molecule has 0 spiro atoms. The topological polar surface area (TPSA) is 72.5 Å². The van der Waals surface area contributed by atoms with E-state index in [-0.39, 0.29) is 0 Å². The summed E-state index contributed by atoms with van der Waals surface area (Å²) >= 11 is 5.94. The molecule has 86 valence electrons. The largest absolute Gasteiger partial charge is 0.397 e. The number of hydrogen-bond acceptors (Lipinski definition) is 3. The van der Waals surface area contributed by atoms with E-state index in [1.807, 2.05) is 13.2 Å². The number of nitrogens with zero attached hydrogens (tertiary/aromatic N) is 3. The maximum atomic E-state index is 5.94. The second-order valence-corrected chi connectivity index (χ2v) is 4.32. The van der Waals surface area contributed by atoms with Gasteiger partial charge in [-0.05, 0) is 12.1 Å². The van der Waals surface area contributed by atoms with Gasteiger partial charge in [0.05, 0.1) is 23.0 Å². The molecule has 3 aromatic rings. The van der Waals surface area contributed by atoms with E-state index in [0.717, 1.165) is 22.4 Å². The molecular weight excluding hydrogens is 238 g/mol. The van der Waals surface area contributed by atoms with Crippen LogP contribution in [-0.4, -0.2) is 19.7 Å². The summed E-state index contributed by atoms with van der Waals surface area (Å²) in [4.78, 5) is 7.62. The van der Waals surface area contributed by atoms with Gasteiger partial charge in [-0.15, -0.1) is 0 Å². The van der Waals surface area contributed by atoms with Crippen molar-refractivity contribution in [3.05, 3.63) is 29.5 Å². The van der Waals surface area contributed by atoms with Crippen molar-refractivity contribution in [1.29, 1.82) is 0 Å². The minimum Gasteiger partial charge on any atom is -0.397 e. The minimum absolute atomic E-state index is 0.568. The van der Waals surface area contributed by atoms with Crippen LogP contribution in [-0.2, 0) is 7.05 Å². The van der Waals surface area contributed by atoms with Crippen LogP contribution in [0.25, 0.3) is 22.4 Å². The van der Waals surface area contributed by atoms with Crippen LogP contribution in [0, 0.1) is 0 Å². The molecule has 0 saturated carbocycles. The van der Waals surface area contributed by atoms with Crippen molar-refractivity contribution < 1.29 is 0 Å². The van der Waals surface area contributed by atoms with Crippen LogP contribution >= 0.6 is 11.6 Å². The quantitative estimate of drug-likeness (QED) is 0.648. The SMILES string of the molecule is Cn1cc(-c2nc3c(N)cc(Cl)cc3[nH]2)cn1. The number of aromatic amines is 1. The van der Waals surface area contributed by atoms with Gasteiger partial charge in [-0.3, -0.25) is 4.68 Å². The highest BCUT2D eigenvalue weighted by Crippen LogP contribution is 2.27. The van der Waals surface area contributed by atoms with Crippen molar-refractivity contribution in [3.8, 4) is 11.4 Å². The van der Waals surface area contributed by atoms with E-state index in [1.54, 1.807) is 23.0 Å². The number of rotatable bonds is 1. The minimum atomic E-state index is 0.568. The van der Waals surface area contributed by atoms with Gasteiger partial charge in [0, 0.05) is 18.3 Å². The average Bonchev–Trinajstić information content (AvgIpc) is 2.83. The molecule has 0 saturated heterocycles. The number of benzene rings is 1. The highest BCUT2D eigenvalue weighted by molar-refractivity contribution is 6.31. The Hall–Kier alpha value is -2.01. The van der Waals surface area contributed by atoms with E-state index in [0.29, 0.717) is 10.7 Å². The lowest BCUT2D eigenvalue weighted by Crippen LogP contribution is -1.86. The number of hydrogen-bond donors (Lipinski definition) is 2. The zero-order valence-corrected chi connectivity index (χ0v) is 9.86. The number of halogens is 1. The number of H-pyrrole nitrogens is 1. The van der Waals surface area contributed by atoms with Crippen LogP contribution in [0.5, 0.6) is 0 Å². The standard InChI is InChI=1S/C11H10ClN5/c1-17-5-6(4-14-17)11-15-9-3-7(12)2-8(13)10(9)16-11/h2-5H,13H2,1H3,(H,15,16). The average molecular weight is 248 g/mol. The zero-order valence-electron chi connectivity index (χ0n) is 9.11. The number of nitrogens with one attached hydrogen (secondary N) is 1. The Bertz CT molecular complexity index is 697. The van der Waals surface area contributed by atoms with Crippen LogP contribution in [0.3, 0.4) is 0 Å². The first-order valence-corrected chi connectivity index (χ1v) is 5.45. The molecule has 0 radical (unpaired) electrons. The molecule has 0 atom stereocenters. The van der Waals surface area contributed by atoms with Crippen LogP contribution in [0.1, 0.15) is 0 Å². The molecule has 0 unspecified atom stereocenters. The fourth-order valence-electron chi connectivity index (χ4n) is 1.79. The Kier molecular flexibility index (Phi) is 2.09. The molecule has 2 heterocycles. The number of fused-ring (bicyclic) bond motifs is 1. The summed E-state index contributed by atoms with van der Waals surface area (Å²) in [5.74, 6) is 0.738. The van der Waals surface area contributed by atoms with Crippen LogP contribution < -0.4 is 5.73 Å². The predicted octanol–water partition coefficient (Wildman–Crippen LogP) is 2.20. The number of nitrogens with two attached hydrogens (primary N) is 1. The summed E-state index contributed by atoms with van der Waals surface area (Å²) in [7, 11) is 1.86. The van der Waals surface area contributed by atoms with Crippen LogP contribution in [0.4, 0.5) is 5.69 Å². The van der Waals surface area contributed by atoms with Crippen LogP contribution in [0.2, 0.25) is 5.02 Å². The van der Waals surface area contributed by atoms with E-state index < -0.39 is 0 Å². The van der Waals surface area contributed by atoms with Gasteiger partial charge in [0.25, 0.3) is 0 Å². The molecule has 0 bridgehead atoms. The predicted molar refractivity (Wildman–Crippen MR) is 67.7 cm³/mol. The maximum Gasteiger partial charge on any atom is 0.141 e. The Morgan fingerprint density at radius 1 is 1.41 bits per heavy atom. The summed E-state index contributed by atoms with van der Waals surface area (Å²) in [5, 5.41) is 4.70. The van der Waals surface area contributed by atoms with Crippen molar-refractivity contribution in [2.45, 2.75) is 0 Å². The summed E-state index contributed by atoms with van der Waals surface area (Å²) in [6.45, 7) is 0. The summed E-state index contributed by atoms with van der Waals surface area (Å²) in [6.07, 6.45) is 3.63. The van der Waals surface area contributed by atoms with Gasteiger partial charge in [0.2, 0.25) is 0 Å². The lowest BCUT2D eigenvalue weighted by atomic mass is 10.3. The van der Waals surface area contributed by atoms with Gasteiger partial charge >= 0.3 is 0 Å². The molecular formula is C11H10ClN5. The third-order valence-electron chi connectivity index (χ3n) is 2.56. The molecule has 0 amide bonds. The Morgan fingerprint density at radius 2 is 2.24 bits per heavy atom. The van der Waals surface area contributed by atoms with Gasteiger partial charge in [0.1, 0.15) is 11.3 Å². The van der Waals surface area contributed by atoms with E-state index in [4.69, 9.17) is 17.3 Å². The summed E-state index contributed by atoms with van der Waals surface area (Å²) < 4.78 is 1.72. The van der Waals surface area contributed by atoms with Gasteiger partial charge < -0.3 is 10.7 Å². The van der Waals surface area contributed by atoms with Crippen LogP contribution in [0.15, 0.2) is 24.5 Å². The third-order valence-corrected chi connectivity index (χ3v) is 2.78. The van der Waals surface area contributed by atoms with E-state index in [2.05, 4.69) is 15.1 Å². The lowest BCUT2D eigenvalue weighted by Gasteiger charge is -1.94. The van der Waals surface area contributed by atoms with Crippen molar-refractivity contribution >= 4 is 28.3 Å². The van der Waals surface area contributed by atoms with E-state index >= 15 is 0 Å². The molecule has 3 rings (SSSR count). The first-order chi connectivity index (χ1) is 8.13. The monoisotopic (exact) mass is 247 g/mol. The van der Waals surface area contributed by atoms with Gasteiger partial charge in [-0.25, -0.2) is 4.98 Å². The van der Waals surface area contributed by atoms with Gasteiger partial charge in [0.15, 0.2) is 0 Å². The van der Waals surface area contributed by atoms with Crippen molar-refractivity contribution in [1.82, 2.24) is 19.7 Å². The third kappa shape index (κ3) is 1.64. The number of aryl methyl sites for hydroxylation is 1. The number of nitrogen functional groups attached to an aromatic ring is 1. The lowest BCUT2D eigenvalue weighted by molar-refractivity contribution is 0.768. The zero-order chi connectivity index (χ0) is 12.0. The van der Waals surface area contributed by atoms with Crippen molar-refractivity contribution in [2.24, 2.45) is 7.05 Å². The first kappa shape index (κ1) is 10.2. The fraction of sp³-hybridized carbons (Fsp3) is 0.0909. The molecule has 0 fully saturated rings. The molecule has 3 N–H and O–H groups in total. The fourth-order valence-corrected chi connectivity index (χ4v) is 2.01. The number of anilines is 1. The summed E-state index contributed by atoms with van der Waals surface area (Å²) in [5.41, 5.74) is 8.91. The molecule has 17 heavy (non-hydrogen) atoms. The smallest absolute Gasteiger partial charge is 0.141 e. The highest BCUT2D eigenvalue weighted by Gasteiger charge is 2.09. The molecule has 6 heteroatoms. The second-order valence-electron chi connectivity index (χ2n) is 3.88. The first-order valence-electron chi connectivity index (χ1n) is 5.07. The maximum absolute atomic E-state index is 5.94. The van der Waals surface area contributed by atoms with Crippen molar-refractivity contribution in [2.75, 3.05) is 5.73 Å². The van der Waals surface area contributed by atoms with E-state index in [1.165, 1.54) is 0 Å². The van der Waals surface area contributed by atoms with Gasteiger partial charge in [-0.2, -0.15) is 5.10 Å². The molecule has 0 aliphatic rings. The number of aromatic nitrogens is 4. The normalized spacial score (nSPS) is 11.2. The highest BCUT2D eigenvalue weighted by atomic mass is 35.5. The van der Waals surface area contributed by atoms with Crippen molar-refractivity contribution in [3.63, 3.8) is 0 Å². The summed E-state index contributed by atoms with van der Waals surface area (Å²) in [6, 6.07) is 3.50. The molecule has 2 aromatic heterocycles. The Labute approximate surface area is 102 Å². The molecule has 5 nitrogen and oxygen atoms in total. The Morgan fingerprint density at radius 3 is 2.94 bits per heavy atom. The molecule has 1 aromatic carbocycles. The van der Waals surface area contributed by atoms with E-state index in [9.17, 15) is 0 Å².